The number of carbonyl (C=O) groups is 2. The SMILES string of the molecule is Cc1ccc2c(C3CCCCC3)c3n(c2c1)CCOc1c(O)cccc1-3.Cc1ccc2c(C3CCCCC3)c3n(c2c1)CCOc1c(OCC(=O)N2CCCCC2)cccc1-3.O=C(CCl)N1CCCCC1.O=C=O.O=C=O. The number of aromatic nitrogens is 2. The molecule has 0 unspecified atom stereocenters. The van der Waals surface area contributed by atoms with Crippen LogP contribution >= 0.6 is 11.6 Å². The number of aromatic hydroxyl groups is 1. The van der Waals surface area contributed by atoms with Crippen molar-refractivity contribution in [3.63, 3.8) is 0 Å². The van der Waals surface area contributed by atoms with Gasteiger partial charge in [-0.25, -0.2) is 0 Å². The van der Waals surface area contributed by atoms with Crippen LogP contribution < -0.4 is 14.2 Å². The van der Waals surface area contributed by atoms with Gasteiger partial charge in [0.25, 0.3) is 5.91 Å². The minimum absolute atomic E-state index is 0.0669. The Morgan fingerprint density at radius 3 is 1.48 bits per heavy atom. The van der Waals surface area contributed by atoms with Gasteiger partial charge in [-0.05, 0) is 149 Å². The van der Waals surface area contributed by atoms with Crippen molar-refractivity contribution in [3.8, 4) is 45.5 Å². The number of phenolic OH excluding ortho intramolecular Hbond substituents is 1. The van der Waals surface area contributed by atoms with E-state index in [1.165, 1.54) is 132 Å². The number of alkyl halides is 1. The van der Waals surface area contributed by atoms with Gasteiger partial charge in [0.05, 0.1) is 24.5 Å². The van der Waals surface area contributed by atoms with Gasteiger partial charge in [0.1, 0.15) is 19.1 Å². The number of para-hydroxylation sites is 2. The zero-order chi connectivity index (χ0) is 54.3. The molecule has 12 rings (SSSR count). The van der Waals surface area contributed by atoms with Gasteiger partial charge < -0.3 is 38.3 Å². The molecular weight excluding hydrogens is 996 g/mol. The van der Waals surface area contributed by atoms with E-state index < -0.39 is 0 Å². The van der Waals surface area contributed by atoms with E-state index in [0.29, 0.717) is 36.5 Å². The Hall–Kier alpha value is -6.85. The number of hydrogen-bond acceptors (Lipinski definition) is 10. The molecule has 6 aromatic rings. The standard InChI is InChI=1S/C30H36N2O3.C23H25NO2.C7H12ClNO.2CO2/c1-21-13-14-23-25(19-21)32-17-18-34-30-24(29(32)28(23)22-9-4-2-5-10-22)11-8-12-26(30)35-20-27(33)31-15-6-3-7-16-31;1-15-10-11-17-19(14-15)24-12-13-26-23-18(8-5-9-20(23)25)22(24)21(17)16-6-3-2-4-7-16;8-6-7(10)9-4-2-1-3-5-9;2*2-1-3/h8,11-14,19,22H,2-7,9-10,15-18,20H2,1H3;5,8-11,14,16,25H,2-4,6-7,12-13H2,1H3;1-6H2;;. The van der Waals surface area contributed by atoms with Crippen LogP contribution in [0.1, 0.15) is 137 Å². The second-order valence-corrected chi connectivity index (χ2v) is 21.3. The molecule has 4 aliphatic heterocycles. The normalized spacial score (nSPS) is 17.0. The molecule has 2 aliphatic carbocycles. The molecule has 408 valence electrons. The van der Waals surface area contributed by atoms with E-state index in [1.807, 2.05) is 28.0 Å². The van der Waals surface area contributed by atoms with Gasteiger partial charge >= 0.3 is 12.3 Å². The molecular formula is C62H73ClN4O10. The number of ether oxygens (including phenoxy) is 3. The van der Waals surface area contributed by atoms with Gasteiger partial charge in [-0.1, -0.05) is 74.9 Å². The van der Waals surface area contributed by atoms with E-state index in [0.717, 1.165) is 81.8 Å². The van der Waals surface area contributed by atoms with Crippen molar-refractivity contribution in [2.45, 2.75) is 142 Å². The Morgan fingerprint density at radius 1 is 0.571 bits per heavy atom. The van der Waals surface area contributed by atoms with E-state index in [9.17, 15) is 14.7 Å². The first-order valence-corrected chi connectivity index (χ1v) is 28.3. The number of likely N-dealkylation sites (tertiary alicyclic amines) is 2. The maximum absolute atomic E-state index is 12.8. The summed E-state index contributed by atoms with van der Waals surface area (Å²) in [7, 11) is 0. The summed E-state index contributed by atoms with van der Waals surface area (Å²) in [5, 5.41) is 13.2. The van der Waals surface area contributed by atoms with E-state index in [4.69, 9.17) is 45.0 Å². The van der Waals surface area contributed by atoms with Crippen molar-refractivity contribution in [1.29, 1.82) is 0 Å². The molecule has 2 aromatic heterocycles. The summed E-state index contributed by atoms with van der Waals surface area (Å²) in [6.07, 6.45) is 20.3. The van der Waals surface area contributed by atoms with Gasteiger partial charge in [-0.2, -0.15) is 19.2 Å². The third-order valence-corrected chi connectivity index (χ3v) is 16.3. The van der Waals surface area contributed by atoms with Crippen LogP contribution in [0.5, 0.6) is 23.0 Å². The average molecular weight is 1070 g/mol. The molecule has 0 bridgehead atoms. The Kier molecular flexibility index (Phi) is 20.1. The Morgan fingerprint density at radius 2 is 1.00 bits per heavy atom. The molecule has 2 amide bonds. The molecule has 15 heteroatoms. The van der Waals surface area contributed by atoms with Crippen LogP contribution in [0.15, 0.2) is 72.8 Å². The summed E-state index contributed by atoms with van der Waals surface area (Å²) < 4.78 is 23.4. The molecule has 6 heterocycles. The molecule has 0 atom stereocenters. The van der Waals surface area contributed by atoms with Gasteiger partial charge in [0, 0.05) is 59.1 Å². The number of nitrogens with zero attached hydrogens (tertiary/aromatic N) is 4. The van der Waals surface area contributed by atoms with E-state index in [2.05, 4.69) is 71.5 Å². The number of hydrogen-bond donors (Lipinski definition) is 1. The van der Waals surface area contributed by atoms with Crippen LogP contribution in [0.25, 0.3) is 44.3 Å². The topological polar surface area (TPSA) is 167 Å². The second-order valence-electron chi connectivity index (χ2n) is 21.0. The van der Waals surface area contributed by atoms with Crippen LogP contribution in [-0.4, -0.2) is 100 Å². The van der Waals surface area contributed by atoms with Gasteiger partial charge in [-0.15, -0.1) is 11.6 Å². The highest BCUT2D eigenvalue weighted by atomic mass is 35.5. The molecule has 4 fully saturated rings. The molecule has 4 aromatic carbocycles. The first kappa shape index (κ1) is 56.4. The first-order chi connectivity index (χ1) is 37.6. The molecule has 14 nitrogen and oxygen atoms in total. The maximum atomic E-state index is 12.8. The third-order valence-electron chi connectivity index (χ3n) is 16.0. The molecule has 77 heavy (non-hydrogen) atoms. The fraction of sp³-hybridized carbons (Fsp3) is 0.484. The van der Waals surface area contributed by atoms with Crippen molar-refractivity contribution < 1.29 is 48.1 Å². The monoisotopic (exact) mass is 1070 g/mol. The highest BCUT2D eigenvalue weighted by molar-refractivity contribution is 6.27. The predicted octanol–water partition coefficient (Wildman–Crippen LogP) is 12.3. The zero-order valence-electron chi connectivity index (χ0n) is 44.8. The number of aryl methyl sites for hydroxylation is 2. The van der Waals surface area contributed by atoms with E-state index in [-0.39, 0.29) is 42.4 Å². The number of halogens is 1. The third kappa shape index (κ3) is 13.1. The minimum Gasteiger partial charge on any atom is -0.504 e. The van der Waals surface area contributed by atoms with Crippen LogP contribution in [0.4, 0.5) is 0 Å². The van der Waals surface area contributed by atoms with Crippen molar-refractivity contribution in [1.82, 2.24) is 18.9 Å². The molecule has 2 saturated carbocycles. The number of phenols is 1. The molecule has 0 radical (unpaired) electrons. The van der Waals surface area contributed by atoms with Crippen molar-refractivity contribution in [2.75, 3.05) is 51.9 Å². The van der Waals surface area contributed by atoms with Crippen LogP contribution in [0.3, 0.4) is 0 Å². The number of carbonyl (C=O) groups excluding carboxylic acids is 6. The summed E-state index contributed by atoms with van der Waals surface area (Å²) >= 11 is 5.39. The quantitative estimate of drug-likeness (QED) is 0.159. The van der Waals surface area contributed by atoms with Crippen molar-refractivity contribution >= 4 is 57.5 Å². The largest absolute Gasteiger partial charge is 0.504 e. The number of benzene rings is 4. The summed E-state index contributed by atoms with van der Waals surface area (Å²) in [6.45, 7) is 10.7. The lowest BCUT2D eigenvalue weighted by Crippen LogP contribution is -2.38. The molecule has 0 spiro atoms. The summed E-state index contributed by atoms with van der Waals surface area (Å²) in [6, 6.07) is 25.7. The number of amides is 2. The highest BCUT2D eigenvalue weighted by Gasteiger charge is 2.32. The van der Waals surface area contributed by atoms with E-state index >= 15 is 0 Å². The van der Waals surface area contributed by atoms with Gasteiger partial charge in [-0.3, -0.25) is 9.59 Å². The molecule has 1 N–H and O–H groups in total. The van der Waals surface area contributed by atoms with Gasteiger partial charge in [0.15, 0.2) is 29.6 Å². The Balaban J connectivity index is 0.000000163. The minimum atomic E-state index is 0.0669. The maximum Gasteiger partial charge on any atom is 0.373 e. The number of piperidine rings is 2. The summed E-state index contributed by atoms with van der Waals surface area (Å²) in [4.78, 5) is 60.0. The number of rotatable bonds is 6. The van der Waals surface area contributed by atoms with Crippen molar-refractivity contribution in [3.05, 3.63) is 95.1 Å². The molecule has 6 aliphatic rings. The fourth-order valence-electron chi connectivity index (χ4n) is 12.5. The Bertz CT molecular complexity index is 3040. The van der Waals surface area contributed by atoms with Crippen LogP contribution in [-0.2, 0) is 41.9 Å². The Labute approximate surface area is 456 Å². The van der Waals surface area contributed by atoms with Gasteiger partial charge in [0.2, 0.25) is 5.91 Å². The highest BCUT2D eigenvalue weighted by Crippen LogP contribution is 2.51. The first-order valence-electron chi connectivity index (χ1n) is 27.8. The average Bonchev–Trinajstić information content (AvgIpc) is 3.79. The smallest absolute Gasteiger partial charge is 0.373 e. The zero-order valence-corrected chi connectivity index (χ0v) is 45.5. The van der Waals surface area contributed by atoms with Crippen LogP contribution in [0.2, 0.25) is 0 Å². The molecule has 2 saturated heterocycles. The van der Waals surface area contributed by atoms with Crippen LogP contribution in [0, 0.1) is 13.8 Å². The lowest BCUT2D eigenvalue weighted by atomic mass is 9.81. The summed E-state index contributed by atoms with van der Waals surface area (Å²) in [5.41, 5.74) is 12.8. The fourth-order valence-corrected chi connectivity index (χ4v) is 12.7. The second kappa shape index (κ2) is 27.5. The lowest BCUT2D eigenvalue weighted by molar-refractivity contribution is -0.193. The summed E-state index contributed by atoms with van der Waals surface area (Å²) in [5.74, 6) is 3.81. The number of fused-ring (bicyclic) bond motifs is 10. The predicted molar refractivity (Wildman–Crippen MR) is 296 cm³/mol. The van der Waals surface area contributed by atoms with Crippen molar-refractivity contribution in [2.24, 2.45) is 0 Å². The van der Waals surface area contributed by atoms with E-state index in [1.54, 1.807) is 6.07 Å². The lowest BCUT2D eigenvalue weighted by Gasteiger charge is -2.27.